The van der Waals surface area contributed by atoms with Gasteiger partial charge in [0, 0.05) is 50.6 Å². The smallest absolute Gasteiger partial charge is 0.206 e. The largest absolute Gasteiger partial charge is 0.220 e. The maximum atomic E-state index is 14.9. The van der Waals surface area contributed by atoms with Gasteiger partial charge in [-0.1, -0.05) is 315 Å². The molecule has 616 valence electrons. The minimum absolute atomic E-state index is 0. The van der Waals surface area contributed by atoms with Crippen LogP contribution >= 0.6 is 0 Å². The molecule has 0 fully saturated rings. The Morgan fingerprint density at radius 1 is 0.281 bits per heavy atom. The van der Waals surface area contributed by atoms with E-state index in [1.54, 1.807) is 6.07 Å². The Bertz CT molecular complexity index is 6610. The van der Waals surface area contributed by atoms with E-state index >= 15 is 0 Å². The summed E-state index contributed by atoms with van der Waals surface area (Å²) in [6, 6.07) is 98.6. The molecule has 0 aliphatic carbocycles. The van der Waals surface area contributed by atoms with Crippen LogP contribution in [0, 0.1) is 61.2 Å². The summed E-state index contributed by atoms with van der Waals surface area (Å²) in [6.45, 7) is 50.8. The van der Waals surface area contributed by atoms with E-state index in [2.05, 4.69) is 400 Å². The molecule has 0 atom stereocenters. The number of aromatic nitrogens is 4. The van der Waals surface area contributed by atoms with Crippen LogP contribution in [0.5, 0.6) is 0 Å². The summed E-state index contributed by atoms with van der Waals surface area (Å²) in [6.07, 6.45) is 0.538. The average molecular weight is 1660 g/mol. The zero-order valence-corrected chi connectivity index (χ0v) is 80.2. The first-order valence-electron chi connectivity index (χ1n) is 43.3. The monoisotopic (exact) mass is 1660 g/mol. The van der Waals surface area contributed by atoms with Gasteiger partial charge in [0.2, 0.25) is 22.8 Å². The van der Waals surface area contributed by atoms with Crippen molar-refractivity contribution < 1.29 is 24.0 Å². The fourth-order valence-corrected chi connectivity index (χ4v) is 21.6. The Kier molecular flexibility index (Phi) is 26.2. The summed E-state index contributed by atoms with van der Waals surface area (Å²) in [5.74, 6) is 0.245. The molecular formula is C112H129FN4Si4+4. The maximum absolute atomic E-state index is 14.9. The topological polar surface area (TPSA) is 15.5 Å². The highest BCUT2D eigenvalue weighted by Crippen LogP contribution is 2.41. The van der Waals surface area contributed by atoms with Gasteiger partial charge in [-0.25, -0.2) is 8.96 Å². The minimum atomic E-state index is -1.43. The lowest BCUT2D eigenvalue weighted by Gasteiger charge is -2.19. The molecule has 16 rings (SSSR count). The van der Waals surface area contributed by atoms with Crippen LogP contribution in [-0.4, -0.2) is 32.3 Å². The molecule has 121 heavy (non-hydrogen) atoms. The molecular weight excluding hydrogens is 1530 g/mol. The van der Waals surface area contributed by atoms with E-state index in [-0.39, 0.29) is 13.2 Å². The summed E-state index contributed by atoms with van der Waals surface area (Å²) < 4.78 is 32.6. The van der Waals surface area contributed by atoms with Crippen molar-refractivity contribution in [3.63, 3.8) is 0 Å². The summed E-state index contributed by atoms with van der Waals surface area (Å²) in [5, 5.41) is 16.1. The number of aryl methyl sites for hydroxylation is 6. The van der Waals surface area contributed by atoms with Crippen molar-refractivity contribution in [3.05, 3.63) is 335 Å². The SMILES string of the molecule is C.Cc1cc(-c2ccccc2)cc(-c2c3ccc([Si](C)(C)C)cc3cc(C)[n+]2C)c1C.Cc1cc(F)c(-c2ccccc2)cc1-c1c2ccc([Si](C)(C)C)cc2cc(C)[n+]1C.Cc1ccc(-c2ccccc2)cc1-c1c2ccc([Si](C)(C)C)cc2cc(C)[n+]1C.[2H]c1cc2cc([Si](C)(C)C)ccc2c(-c2cc(-c3ccccc3)cc(C(C)C)c2C)[n+]1C. The Morgan fingerprint density at radius 2 is 0.620 bits per heavy atom. The van der Waals surface area contributed by atoms with Crippen molar-refractivity contribution in [2.75, 3.05) is 0 Å². The van der Waals surface area contributed by atoms with Crippen LogP contribution in [0.1, 0.15) is 79.0 Å². The van der Waals surface area contributed by atoms with E-state index in [4.69, 9.17) is 1.37 Å². The Balaban J connectivity index is 0.000000148. The highest BCUT2D eigenvalue weighted by molar-refractivity contribution is 6.90. The number of pyridine rings is 4. The minimum Gasteiger partial charge on any atom is -0.206 e. The molecule has 0 spiro atoms. The third-order valence-electron chi connectivity index (χ3n) is 24.8. The van der Waals surface area contributed by atoms with Crippen LogP contribution in [0.3, 0.4) is 0 Å². The molecule has 9 heteroatoms. The summed E-state index contributed by atoms with van der Waals surface area (Å²) in [4.78, 5) is 0. The number of halogens is 1. The second-order valence-corrected chi connectivity index (χ2v) is 58.3. The van der Waals surface area contributed by atoms with E-state index in [9.17, 15) is 4.39 Å². The lowest BCUT2D eigenvalue weighted by atomic mass is 9.87. The normalized spacial score (nSPS) is 11.9. The molecule has 0 amide bonds. The highest BCUT2D eigenvalue weighted by atomic mass is 28.3. The molecule has 4 aromatic heterocycles. The second-order valence-electron chi connectivity index (χ2n) is 38.0. The predicted molar refractivity (Wildman–Crippen MR) is 535 cm³/mol. The molecule has 4 heterocycles. The molecule has 4 nitrogen and oxygen atoms in total. The van der Waals surface area contributed by atoms with Gasteiger partial charge in [0.05, 0.1) is 76.1 Å². The predicted octanol–water partition coefficient (Wildman–Crippen LogP) is 26.5. The maximum Gasteiger partial charge on any atom is 0.220 e. The molecule has 0 N–H and O–H groups in total. The van der Waals surface area contributed by atoms with Crippen molar-refractivity contribution in [1.82, 2.24) is 0 Å². The van der Waals surface area contributed by atoms with Crippen LogP contribution < -0.4 is 39.0 Å². The molecule has 0 aliphatic rings. The Labute approximate surface area is 729 Å². The van der Waals surface area contributed by atoms with Crippen molar-refractivity contribution >= 4 is 96.1 Å². The van der Waals surface area contributed by atoms with Gasteiger partial charge in [-0.3, -0.25) is 0 Å². The zero-order chi connectivity index (χ0) is 87.2. The van der Waals surface area contributed by atoms with Gasteiger partial charge in [-0.15, -0.1) is 0 Å². The van der Waals surface area contributed by atoms with Crippen LogP contribution in [0.2, 0.25) is 78.6 Å². The number of hydrogen-bond acceptors (Lipinski definition) is 0. The molecule has 16 aromatic rings. The van der Waals surface area contributed by atoms with Gasteiger partial charge in [-0.2, -0.15) is 13.7 Å². The summed E-state index contributed by atoms with van der Waals surface area (Å²) in [7, 11) is 2.95. The quantitative estimate of drug-likeness (QED) is 0.0808. The first-order chi connectivity index (χ1) is 57.2. The van der Waals surface area contributed by atoms with Gasteiger partial charge in [0.25, 0.3) is 0 Å². The van der Waals surface area contributed by atoms with Gasteiger partial charge in [0.1, 0.15) is 35.4 Å². The molecule has 0 aliphatic heterocycles. The number of rotatable bonds is 13. The van der Waals surface area contributed by atoms with Gasteiger partial charge in [-0.05, 0) is 189 Å². The molecule has 12 aromatic carbocycles. The first-order valence-corrected chi connectivity index (χ1v) is 56.8. The average Bonchev–Trinajstić information content (AvgIpc) is 0.769. The lowest BCUT2D eigenvalue weighted by Crippen LogP contribution is -2.38. The standard InChI is InChI=1S/C29H34NSi.C28H32NSi.C27H29FNSi.C27H30NSi.CH4/c1-20(2)27-18-24(22-11-9-8-10-12-22)19-28(21(27)3)29-26-14-13-25(31(5,6)7)17-23(26)15-16-30(29)4;1-19-15-23(22-11-9-8-10-12-22)18-27(21(19)3)28-26-14-13-25(30(5,6)7)17-24(26)16-20(2)29(28)4;1-18-14-26(28)25(20-10-8-7-9-11-20)17-24(18)27-23-13-12-22(30(4,5)6)16-21(23)15-19(2)29(27)3;1-19-12-13-22(21-10-8-7-9-11-21)18-26(19)27-25-15-14-24(29(4,5)6)17-23(25)16-20(2)28(27)3;/h8-20H,1-7H3;8-18H,1-7H3;7-17H,1-6H3;7-18H,1-6H3;1H4/q4*+1;/i16D;;;;. The van der Waals surface area contributed by atoms with Crippen LogP contribution in [0.4, 0.5) is 4.39 Å². The highest BCUT2D eigenvalue weighted by Gasteiger charge is 2.30. The van der Waals surface area contributed by atoms with Crippen molar-refractivity contribution in [2.45, 2.75) is 161 Å². The van der Waals surface area contributed by atoms with E-state index in [1.807, 2.05) is 61.0 Å². The number of nitrogens with zero attached hydrogens (tertiary/aromatic N) is 4. The van der Waals surface area contributed by atoms with E-state index in [0.29, 0.717) is 17.7 Å². The fraction of sp³-hybridized carbons (Fsp3) is 0.250. The summed E-state index contributed by atoms with van der Waals surface area (Å²) in [5.41, 5.74) is 30.3. The van der Waals surface area contributed by atoms with Crippen LogP contribution in [0.15, 0.2) is 279 Å². The third kappa shape index (κ3) is 19.2. The number of fused-ring (bicyclic) bond motifs is 4. The fourth-order valence-electron chi connectivity index (χ4n) is 16.9. The molecule has 0 bridgehead atoms. The van der Waals surface area contributed by atoms with E-state index in [0.717, 1.165) is 28.1 Å². The molecule has 0 unspecified atom stereocenters. The van der Waals surface area contributed by atoms with Crippen molar-refractivity contribution in [2.24, 2.45) is 28.2 Å². The molecule has 0 saturated heterocycles. The van der Waals surface area contributed by atoms with Crippen LogP contribution in [-0.2, 0) is 28.2 Å². The van der Waals surface area contributed by atoms with Crippen LogP contribution in [0.25, 0.3) is 133 Å². The number of benzene rings is 12. The lowest BCUT2D eigenvalue weighted by molar-refractivity contribution is -0.665. The van der Waals surface area contributed by atoms with Gasteiger partial charge in [0.15, 0.2) is 23.3 Å². The molecule has 0 radical (unpaired) electrons. The zero-order valence-electron chi connectivity index (χ0n) is 77.2. The second kappa shape index (κ2) is 36.0. The van der Waals surface area contributed by atoms with E-state index in [1.165, 1.54) is 170 Å². The Morgan fingerprint density at radius 3 is 1.02 bits per heavy atom. The molecule has 0 saturated carbocycles. The third-order valence-corrected chi connectivity index (χ3v) is 33.0. The van der Waals surface area contributed by atoms with Gasteiger partial charge < -0.3 is 0 Å². The summed E-state index contributed by atoms with van der Waals surface area (Å²) >= 11 is 0. The van der Waals surface area contributed by atoms with Crippen molar-refractivity contribution in [3.8, 4) is 89.5 Å². The van der Waals surface area contributed by atoms with Gasteiger partial charge >= 0.3 is 0 Å². The first kappa shape index (κ1) is 87.9. The Hall–Kier alpha value is -10.9. The van der Waals surface area contributed by atoms with E-state index < -0.39 is 32.3 Å². The van der Waals surface area contributed by atoms with Crippen molar-refractivity contribution in [1.29, 1.82) is 0 Å². The number of hydrogen-bond donors (Lipinski definition) is 0.